The molecule has 0 bridgehead atoms. The molecule has 3 atom stereocenters. The van der Waals surface area contributed by atoms with Crippen LogP contribution in [0.1, 0.15) is 23.6 Å². The zero-order valence-corrected chi connectivity index (χ0v) is 12.8. The van der Waals surface area contributed by atoms with Crippen molar-refractivity contribution < 1.29 is 14.2 Å². The van der Waals surface area contributed by atoms with E-state index >= 15 is 0 Å². The van der Waals surface area contributed by atoms with Gasteiger partial charge in [0, 0.05) is 37.4 Å². The fraction of sp³-hybridized carbons (Fsp3) is 0.471. The molecule has 2 aromatic rings. The number of ether oxygens (including phenoxy) is 1. The van der Waals surface area contributed by atoms with Crippen LogP contribution in [0.2, 0.25) is 0 Å². The van der Waals surface area contributed by atoms with Crippen LogP contribution in [0.15, 0.2) is 36.5 Å². The first-order chi connectivity index (χ1) is 11.1. The Kier molecular flexibility index (Phi) is 3.67. The van der Waals surface area contributed by atoms with Crippen molar-refractivity contribution in [3.63, 3.8) is 0 Å². The maximum absolute atomic E-state index is 13.4. The Hall–Kier alpha value is -1.76. The second-order valence-electron chi connectivity index (χ2n) is 6.60. The minimum atomic E-state index is -0.545. The third-order valence-electron chi connectivity index (χ3n) is 4.97. The average Bonchev–Trinajstić information content (AvgIpc) is 3.23. The Balaban J connectivity index is 1.47. The van der Waals surface area contributed by atoms with Gasteiger partial charge in [0.15, 0.2) is 0 Å². The molecular formula is C17H20FN3O2. The maximum Gasteiger partial charge on any atom is 0.123 e. The van der Waals surface area contributed by atoms with Gasteiger partial charge in [-0.3, -0.25) is 10.00 Å². The van der Waals surface area contributed by atoms with Crippen LogP contribution >= 0.6 is 0 Å². The molecule has 0 saturated carbocycles. The summed E-state index contributed by atoms with van der Waals surface area (Å²) in [6.45, 7) is 2.50. The lowest BCUT2D eigenvalue weighted by Gasteiger charge is -2.26. The van der Waals surface area contributed by atoms with Gasteiger partial charge in [0.25, 0.3) is 0 Å². The van der Waals surface area contributed by atoms with Gasteiger partial charge in [-0.25, -0.2) is 4.39 Å². The first kappa shape index (κ1) is 14.8. The van der Waals surface area contributed by atoms with Crippen molar-refractivity contribution in [3.05, 3.63) is 53.6 Å². The number of aliphatic hydroxyl groups is 1. The standard InChI is InChI=1S/C17H20FN3O2/c18-14-3-1-2-12(6-14)13-7-17(23-10-13)11-21(9-16(17)22)8-15-4-5-19-20-15/h1-6,13,16,22H,7-11H2,(H,19,20)/t13-,16+,17+/m0/s1. The van der Waals surface area contributed by atoms with Crippen molar-refractivity contribution in [2.75, 3.05) is 19.7 Å². The number of hydrogen-bond donors (Lipinski definition) is 2. The van der Waals surface area contributed by atoms with Gasteiger partial charge in [-0.15, -0.1) is 0 Å². The lowest BCUT2D eigenvalue weighted by atomic mass is 9.87. The molecule has 23 heavy (non-hydrogen) atoms. The smallest absolute Gasteiger partial charge is 0.123 e. The largest absolute Gasteiger partial charge is 0.389 e. The first-order valence-electron chi connectivity index (χ1n) is 7.93. The quantitative estimate of drug-likeness (QED) is 0.904. The number of halogens is 1. The van der Waals surface area contributed by atoms with Gasteiger partial charge in [0.05, 0.1) is 12.7 Å². The molecule has 5 nitrogen and oxygen atoms in total. The summed E-state index contributed by atoms with van der Waals surface area (Å²) in [6.07, 6.45) is 1.92. The minimum Gasteiger partial charge on any atom is -0.389 e. The number of hydrogen-bond acceptors (Lipinski definition) is 4. The van der Waals surface area contributed by atoms with Crippen molar-refractivity contribution in [2.45, 2.75) is 30.6 Å². The van der Waals surface area contributed by atoms with Crippen molar-refractivity contribution in [1.82, 2.24) is 15.1 Å². The molecule has 2 aliphatic rings. The summed E-state index contributed by atoms with van der Waals surface area (Å²) in [5.74, 6) is -0.0938. The number of aromatic amines is 1. The van der Waals surface area contributed by atoms with Gasteiger partial charge < -0.3 is 9.84 Å². The topological polar surface area (TPSA) is 61.4 Å². The zero-order chi connectivity index (χ0) is 15.9. The number of rotatable bonds is 3. The number of β-amino-alcohol motifs (C(OH)–C–C–N with tert-alkyl or cyclic N) is 1. The molecule has 1 spiro atoms. The Morgan fingerprint density at radius 2 is 2.35 bits per heavy atom. The van der Waals surface area contributed by atoms with Gasteiger partial charge in [0.1, 0.15) is 11.4 Å². The molecule has 1 aromatic carbocycles. The van der Waals surface area contributed by atoms with E-state index in [1.807, 2.05) is 12.1 Å². The van der Waals surface area contributed by atoms with E-state index in [-0.39, 0.29) is 11.7 Å². The zero-order valence-electron chi connectivity index (χ0n) is 12.8. The van der Waals surface area contributed by atoms with Crippen LogP contribution in [0.5, 0.6) is 0 Å². The number of nitrogens with zero attached hydrogens (tertiary/aromatic N) is 2. The number of aromatic nitrogens is 2. The van der Waals surface area contributed by atoms with E-state index in [9.17, 15) is 9.50 Å². The number of benzene rings is 1. The molecule has 6 heteroatoms. The summed E-state index contributed by atoms with van der Waals surface area (Å²) in [5.41, 5.74) is 1.42. The molecule has 0 radical (unpaired) electrons. The SMILES string of the molecule is O[C@@H]1CN(Cc2ccn[nH]2)C[C@]12C[C@H](c1cccc(F)c1)CO2. The van der Waals surface area contributed by atoms with E-state index in [2.05, 4.69) is 15.1 Å². The Morgan fingerprint density at radius 1 is 1.43 bits per heavy atom. The highest BCUT2D eigenvalue weighted by atomic mass is 19.1. The molecule has 122 valence electrons. The molecular weight excluding hydrogens is 297 g/mol. The lowest BCUT2D eigenvalue weighted by Crippen LogP contribution is -2.41. The summed E-state index contributed by atoms with van der Waals surface area (Å²) in [7, 11) is 0. The van der Waals surface area contributed by atoms with Crippen LogP contribution in [0.3, 0.4) is 0 Å². The Bertz CT molecular complexity index is 678. The third kappa shape index (κ3) is 2.78. The van der Waals surface area contributed by atoms with Crippen LogP contribution in [0.25, 0.3) is 0 Å². The molecule has 4 rings (SSSR count). The van der Waals surface area contributed by atoms with E-state index < -0.39 is 11.7 Å². The summed E-state index contributed by atoms with van der Waals surface area (Å²) >= 11 is 0. The predicted octanol–water partition coefficient (Wildman–Crippen LogP) is 1.67. The van der Waals surface area contributed by atoms with E-state index in [1.54, 1.807) is 18.3 Å². The number of nitrogens with one attached hydrogen (secondary N) is 1. The van der Waals surface area contributed by atoms with Crippen molar-refractivity contribution >= 4 is 0 Å². The molecule has 2 saturated heterocycles. The first-order valence-corrected chi connectivity index (χ1v) is 7.93. The molecule has 0 unspecified atom stereocenters. The van der Waals surface area contributed by atoms with E-state index in [4.69, 9.17) is 4.74 Å². The summed E-state index contributed by atoms with van der Waals surface area (Å²) in [5, 5.41) is 17.4. The Labute approximate surface area is 134 Å². The van der Waals surface area contributed by atoms with E-state index in [0.29, 0.717) is 26.2 Å². The number of aliphatic hydroxyl groups excluding tert-OH is 1. The monoisotopic (exact) mass is 317 g/mol. The highest BCUT2D eigenvalue weighted by molar-refractivity contribution is 5.24. The van der Waals surface area contributed by atoms with Crippen LogP contribution in [-0.2, 0) is 11.3 Å². The fourth-order valence-electron chi connectivity index (χ4n) is 3.81. The van der Waals surface area contributed by atoms with Gasteiger partial charge in [-0.1, -0.05) is 12.1 Å². The second kappa shape index (κ2) is 5.70. The number of likely N-dealkylation sites (tertiary alicyclic amines) is 1. The predicted molar refractivity (Wildman–Crippen MR) is 82.3 cm³/mol. The van der Waals surface area contributed by atoms with Crippen LogP contribution in [-0.4, -0.2) is 51.6 Å². The van der Waals surface area contributed by atoms with Crippen LogP contribution in [0.4, 0.5) is 4.39 Å². The molecule has 3 heterocycles. The summed E-state index contributed by atoms with van der Waals surface area (Å²) < 4.78 is 19.5. The molecule has 1 aromatic heterocycles. The van der Waals surface area contributed by atoms with E-state index in [1.165, 1.54) is 6.07 Å². The minimum absolute atomic E-state index is 0.132. The summed E-state index contributed by atoms with van der Waals surface area (Å²) in [4.78, 5) is 2.17. The summed E-state index contributed by atoms with van der Waals surface area (Å²) in [6, 6.07) is 8.61. The van der Waals surface area contributed by atoms with Crippen molar-refractivity contribution in [2.24, 2.45) is 0 Å². The van der Waals surface area contributed by atoms with Crippen molar-refractivity contribution in [1.29, 1.82) is 0 Å². The molecule has 2 fully saturated rings. The molecule has 2 aliphatic heterocycles. The fourth-order valence-corrected chi connectivity index (χ4v) is 3.81. The van der Waals surface area contributed by atoms with Gasteiger partial charge in [0.2, 0.25) is 0 Å². The van der Waals surface area contributed by atoms with Crippen molar-refractivity contribution in [3.8, 4) is 0 Å². The van der Waals surface area contributed by atoms with Crippen LogP contribution in [0, 0.1) is 5.82 Å². The molecule has 0 amide bonds. The third-order valence-corrected chi connectivity index (χ3v) is 4.97. The highest BCUT2D eigenvalue weighted by Crippen LogP contribution is 2.42. The molecule has 2 N–H and O–H groups in total. The second-order valence-corrected chi connectivity index (χ2v) is 6.60. The van der Waals surface area contributed by atoms with Gasteiger partial charge >= 0.3 is 0 Å². The van der Waals surface area contributed by atoms with Gasteiger partial charge in [-0.05, 0) is 30.2 Å². The molecule has 0 aliphatic carbocycles. The number of H-pyrrole nitrogens is 1. The Morgan fingerprint density at radius 3 is 3.13 bits per heavy atom. The van der Waals surface area contributed by atoms with E-state index in [0.717, 1.165) is 17.7 Å². The average molecular weight is 317 g/mol. The highest BCUT2D eigenvalue weighted by Gasteiger charge is 2.52. The maximum atomic E-state index is 13.4. The van der Waals surface area contributed by atoms with Crippen LogP contribution < -0.4 is 0 Å². The normalized spacial score (nSPS) is 31.2. The van der Waals surface area contributed by atoms with Gasteiger partial charge in [-0.2, -0.15) is 5.10 Å². The lowest BCUT2D eigenvalue weighted by molar-refractivity contribution is -0.0594.